The first kappa shape index (κ1) is 14.7. The third-order valence-corrected chi connectivity index (χ3v) is 3.24. The number of rotatable bonds is 4. The summed E-state index contributed by atoms with van der Waals surface area (Å²) in [5, 5.41) is 0. The van der Waals surface area contributed by atoms with E-state index in [-0.39, 0.29) is 6.04 Å². The highest BCUT2D eigenvalue weighted by molar-refractivity contribution is 7.80. The van der Waals surface area contributed by atoms with Gasteiger partial charge in [-0.1, -0.05) is 19.1 Å². The second-order valence-electron chi connectivity index (χ2n) is 4.25. The summed E-state index contributed by atoms with van der Waals surface area (Å²) in [4.78, 5) is 3.91. The predicted molar refractivity (Wildman–Crippen MR) is 64.9 cm³/mol. The van der Waals surface area contributed by atoms with Crippen LogP contribution in [0.3, 0.4) is 0 Å². The van der Waals surface area contributed by atoms with Crippen LogP contribution >= 0.6 is 12.2 Å². The summed E-state index contributed by atoms with van der Waals surface area (Å²) in [5.74, 6) is 0. The minimum Gasteiger partial charge on any atom is -0.392 e. The number of nitrogens with two attached hydrogens (primary N) is 1. The van der Waals surface area contributed by atoms with Crippen molar-refractivity contribution in [1.82, 2.24) is 9.80 Å². The zero-order chi connectivity index (χ0) is 13.1. The highest BCUT2D eigenvalue weighted by Crippen LogP contribution is 2.18. The number of halogens is 3. The molecule has 2 N–H and O–H groups in total. The molecule has 0 aromatic rings. The number of hydrogen-bond donors (Lipinski definition) is 1. The second-order valence-corrected chi connectivity index (χ2v) is 4.73. The zero-order valence-corrected chi connectivity index (χ0v) is 10.7. The molecule has 100 valence electrons. The van der Waals surface area contributed by atoms with Crippen molar-refractivity contribution in [1.29, 1.82) is 0 Å². The number of hydrogen-bond acceptors (Lipinski definition) is 3. The van der Waals surface area contributed by atoms with Crippen molar-refractivity contribution < 1.29 is 13.2 Å². The highest BCUT2D eigenvalue weighted by atomic mass is 32.1. The Bertz CT molecular complexity index is 262. The van der Waals surface area contributed by atoms with Crippen molar-refractivity contribution >= 4 is 17.2 Å². The van der Waals surface area contributed by atoms with Gasteiger partial charge in [0.05, 0.1) is 17.6 Å². The standard InChI is InChI=1S/C10H18F3N3S/c1-2-8(9(14)17)16-5-3-15(4-6-16)7-10(11,12)13/h8H,2-7H2,1H3,(H2,14,17). The minimum atomic E-state index is -4.12. The second kappa shape index (κ2) is 5.97. The fourth-order valence-corrected chi connectivity index (χ4v) is 2.44. The van der Waals surface area contributed by atoms with Gasteiger partial charge in [-0.3, -0.25) is 9.80 Å². The molecule has 1 heterocycles. The molecule has 0 aromatic heterocycles. The first-order valence-electron chi connectivity index (χ1n) is 5.66. The van der Waals surface area contributed by atoms with E-state index in [9.17, 15) is 13.2 Å². The van der Waals surface area contributed by atoms with E-state index in [0.717, 1.165) is 6.42 Å². The van der Waals surface area contributed by atoms with Crippen LogP contribution in [0.5, 0.6) is 0 Å². The molecule has 0 saturated carbocycles. The summed E-state index contributed by atoms with van der Waals surface area (Å²) in [6.45, 7) is 3.16. The predicted octanol–water partition coefficient (Wildman–Crippen LogP) is 1.23. The van der Waals surface area contributed by atoms with Crippen molar-refractivity contribution in [2.24, 2.45) is 5.73 Å². The average molecular weight is 269 g/mol. The lowest BCUT2D eigenvalue weighted by atomic mass is 10.1. The molecule has 7 heteroatoms. The Morgan fingerprint density at radius 1 is 1.29 bits per heavy atom. The topological polar surface area (TPSA) is 32.5 Å². The molecule has 1 aliphatic heterocycles. The monoisotopic (exact) mass is 269 g/mol. The van der Waals surface area contributed by atoms with E-state index in [1.54, 1.807) is 0 Å². The normalized spacial score (nSPS) is 21.4. The lowest BCUT2D eigenvalue weighted by Gasteiger charge is -2.38. The number of piperazine rings is 1. The van der Waals surface area contributed by atoms with Crippen LogP contribution in [-0.2, 0) is 0 Å². The van der Waals surface area contributed by atoms with Gasteiger partial charge >= 0.3 is 6.18 Å². The summed E-state index contributed by atoms with van der Waals surface area (Å²) in [6, 6.07) is 0.0121. The summed E-state index contributed by atoms with van der Waals surface area (Å²) in [6.07, 6.45) is -3.32. The molecule has 0 bridgehead atoms. The molecular formula is C10H18F3N3S. The van der Waals surface area contributed by atoms with Crippen LogP contribution in [0.15, 0.2) is 0 Å². The Labute approximate surface area is 105 Å². The molecule has 1 saturated heterocycles. The number of nitrogens with zero attached hydrogens (tertiary/aromatic N) is 2. The molecular weight excluding hydrogens is 251 g/mol. The highest BCUT2D eigenvalue weighted by Gasteiger charge is 2.33. The van der Waals surface area contributed by atoms with Gasteiger partial charge in [-0.15, -0.1) is 0 Å². The van der Waals surface area contributed by atoms with Crippen LogP contribution in [0.25, 0.3) is 0 Å². The van der Waals surface area contributed by atoms with Crippen LogP contribution in [0.2, 0.25) is 0 Å². The van der Waals surface area contributed by atoms with Gasteiger partial charge in [0.1, 0.15) is 0 Å². The van der Waals surface area contributed by atoms with Crippen LogP contribution in [-0.4, -0.2) is 59.7 Å². The Kier molecular flexibility index (Phi) is 5.15. The molecule has 0 radical (unpaired) electrons. The van der Waals surface area contributed by atoms with Crippen molar-refractivity contribution in [2.45, 2.75) is 25.6 Å². The van der Waals surface area contributed by atoms with Crippen LogP contribution in [0, 0.1) is 0 Å². The van der Waals surface area contributed by atoms with Gasteiger partial charge in [0.25, 0.3) is 0 Å². The van der Waals surface area contributed by atoms with Gasteiger partial charge in [0, 0.05) is 26.2 Å². The minimum absolute atomic E-state index is 0.0121. The SMILES string of the molecule is CCC(C(N)=S)N1CCN(CC(F)(F)F)CC1. The first-order valence-corrected chi connectivity index (χ1v) is 6.06. The molecule has 3 nitrogen and oxygen atoms in total. The van der Waals surface area contributed by atoms with E-state index in [2.05, 4.69) is 4.90 Å². The molecule has 1 fully saturated rings. The maximum Gasteiger partial charge on any atom is 0.401 e. The molecule has 1 aliphatic rings. The quantitative estimate of drug-likeness (QED) is 0.778. The van der Waals surface area contributed by atoms with E-state index in [0.29, 0.717) is 31.2 Å². The molecule has 0 spiro atoms. The fraction of sp³-hybridized carbons (Fsp3) is 0.900. The van der Waals surface area contributed by atoms with Crippen LogP contribution < -0.4 is 5.73 Å². The van der Waals surface area contributed by atoms with E-state index in [4.69, 9.17) is 18.0 Å². The summed E-state index contributed by atoms with van der Waals surface area (Å²) >= 11 is 4.96. The molecule has 1 atom stereocenters. The van der Waals surface area contributed by atoms with E-state index >= 15 is 0 Å². The maximum atomic E-state index is 12.2. The third-order valence-electron chi connectivity index (χ3n) is 2.97. The van der Waals surface area contributed by atoms with Gasteiger partial charge in [0.2, 0.25) is 0 Å². The third kappa shape index (κ3) is 4.77. The molecule has 17 heavy (non-hydrogen) atoms. The molecule has 0 aliphatic carbocycles. The Hall–Kier alpha value is -0.400. The zero-order valence-electron chi connectivity index (χ0n) is 9.83. The van der Waals surface area contributed by atoms with Gasteiger partial charge in [-0.25, -0.2) is 0 Å². The van der Waals surface area contributed by atoms with Crippen molar-refractivity contribution in [3.63, 3.8) is 0 Å². The number of thiocarbonyl (C=S) groups is 1. The van der Waals surface area contributed by atoms with Crippen LogP contribution in [0.4, 0.5) is 13.2 Å². The van der Waals surface area contributed by atoms with Crippen LogP contribution in [0.1, 0.15) is 13.3 Å². The fourth-order valence-electron chi connectivity index (χ4n) is 2.13. The molecule has 0 aromatic carbocycles. The largest absolute Gasteiger partial charge is 0.401 e. The van der Waals surface area contributed by atoms with Gasteiger partial charge in [0.15, 0.2) is 0 Å². The van der Waals surface area contributed by atoms with E-state index in [1.165, 1.54) is 4.90 Å². The first-order chi connectivity index (χ1) is 7.83. The van der Waals surface area contributed by atoms with Gasteiger partial charge in [-0.2, -0.15) is 13.2 Å². The Morgan fingerprint density at radius 3 is 2.18 bits per heavy atom. The Morgan fingerprint density at radius 2 is 1.82 bits per heavy atom. The number of alkyl halides is 3. The van der Waals surface area contributed by atoms with Crippen molar-refractivity contribution in [3.8, 4) is 0 Å². The Balaban J connectivity index is 2.42. The molecule has 0 amide bonds. The van der Waals surface area contributed by atoms with E-state index < -0.39 is 12.7 Å². The maximum absolute atomic E-state index is 12.2. The summed E-state index contributed by atoms with van der Waals surface area (Å²) in [7, 11) is 0. The smallest absolute Gasteiger partial charge is 0.392 e. The lowest BCUT2D eigenvalue weighted by molar-refractivity contribution is -0.149. The van der Waals surface area contributed by atoms with E-state index in [1.807, 2.05) is 6.92 Å². The average Bonchev–Trinajstić information content (AvgIpc) is 2.18. The van der Waals surface area contributed by atoms with Crippen molar-refractivity contribution in [3.05, 3.63) is 0 Å². The molecule has 1 unspecified atom stereocenters. The lowest BCUT2D eigenvalue weighted by Crippen LogP contribution is -2.54. The van der Waals surface area contributed by atoms with Crippen molar-refractivity contribution in [2.75, 3.05) is 32.7 Å². The van der Waals surface area contributed by atoms with Gasteiger partial charge < -0.3 is 5.73 Å². The molecule has 1 rings (SSSR count). The van der Waals surface area contributed by atoms with Gasteiger partial charge in [-0.05, 0) is 6.42 Å². The summed E-state index contributed by atoms with van der Waals surface area (Å²) < 4.78 is 36.6. The summed E-state index contributed by atoms with van der Waals surface area (Å²) in [5.41, 5.74) is 5.61.